The summed E-state index contributed by atoms with van der Waals surface area (Å²) in [4.78, 5) is 21.4. The zero-order chi connectivity index (χ0) is 12.9. The Hall–Kier alpha value is -1.14. The second-order valence-corrected chi connectivity index (χ2v) is 3.41. The third-order valence-electron chi connectivity index (χ3n) is 1.88. The molecule has 0 radical (unpaired) electrons. The molecule has 2 N–H and O–H groups in total. The number of carbonyl (C=O) groups is 2. The summed E-state index contributed by atoms with van der Waals surface area (Å²) in [5, 5.41) is 5.33. The molecule has 6 heteroatoms. The predicted molar refractivity (Wildman–Crippen MR) is 63.6 cm³/mol. The van der Waals surface area contributed by atoms with Crippen LogP contribution in [0.4, 0.5) is 0 Å². The average molecular weight is 246 g/mol. The van der Waals surface area contributed by atoms with Crippen molar-refractivity contribution in [2.24, 2.45) is 0 Å². The van der Waals surface area contributed by atoms with Gasteiger partial charge in [0.1, 0.15) is 0 Å². The molecule has 0 atom stereocenters. The van der Waals surface area contributed by atoms with Crippen molar-refractivity contribution in [1.82, 2.24) is 10.6 Å². The molecule has 100 valence electrons. The largest absolute Gasteiger partial charge is 0.377 e. The molecule has 6 nitrogen and oxygen atoms in total. The van der Waals surface area contributed by atoms with Crippen LogP contribution in [0.5, 0.6) is 0 Å². The van der Waals surface area contributed by atoms with Crippen molar-refractivity contribution in [3.8, 4) is 0 Å². The van der Waals surface area contributed by atoms with Crippen molar-refractivity contribution < 1.29 is 19.1 Å². The third kappa shape index (κ3) is 12.8. The van der Waals surface area contributed by atoms with Crippen LogP contribution in [-0.4, -0.2) is 51.3 Å². The Kier molecular flexibility index (Phi) is 10.6. The van der Waals surface area contributed by atoms with E-state index in [1.807, 2.05) is 0 Å². The van der Waals surface area contributed by atoms with Crippen molar-refractivity contribution in [3.05, 3.63) is 0 Å². The molecule has 0 aromatic rings. The zero-order valence-corrected chi connectivity index (χ0v) is 10.6. The molecule has 0 aliphatic carbocycles. The van der Waals surface area contributed by atoms with E-state index in [0.717, 1.165) is 0 Å². The van der Waals surface area contributed by atoms with E-state index in [9.17, 15) is 9.59 Å². The highest BCUT2D eigenvalue weighted by molar-refractivity contribution is 5.75. The van der Waals surface area contributed by atoms with Gasteiger partial charge in [-0.25, -0.2) is 0 Å². The van der Waals surface area contributed by atoms with Gasteiger partial charge in [-0.15, -0.1) is 0 Å². The van der Waals surface area contributed by atoms with E-state index >= 15 is 0 Å². The minimum atomic E-state index is -0.0588. The molecule has 0 spiro atoms. The highest BCUT2D eigenvalue weighted by Crippen LogP contribution is 1.79. The summed E-state index contributed by atoms with van der Waals surface area (Å²) in [6.07, 6.45) is 0.492. The average Bonchev–Trinajstić information content (AvgIpc) is 2.30. The number of carbonyl (C=O) groups excluding carboxylic acids is 2. The normalized spacial score (nSPS) is 10.0. The van der Waals surface area contributed by atoms with Crippen molar-refractivity contribution in [2.45, 2.75) is 20.3 Å². The van der Waals surface area contributed by atoms with E-state index < -0.39 is 0 Å². The lowest BCUT2D eigenvalue weighted by Crippen LogP contribution is -2.27. The van der Waals surface area contributed by atoms with E-state index in [1.165, 1.54) is 6.92 Å². The Labute approximate surface area is 102 Å². The Morgan fingerprint density at radius 1 is 0.941 bits per heavy atom. The first kappa shape index (κ1) is 15.9. The lowest BCUT2D eigenvalue weighted by Gasteiger charge is -2.06. The standard InChI is InChI=1S/C11H22N2O4/c1-3-11(15)13-5-7-17-9-8-16-6-4-12-10(2)14/h3-9H2,1-2H3,(H,12,14)(H,13,15). The van der Waals surface area contributed by atoms with E-state index in [0.29, 0.717) is 45.9 Å². The first-order chi connectivity index (χ1) is 8.16. The van der Waals surface area contributed by atoms with Gasteiger partial charge in [0.15, 0.2) is 0 Å². The topological polar surface area (TPSA) is 76.7 Å². The van der Waals surface area contributed by atoms with Crippen LogP contribution in [0.15, 0.2) is 0 Å². The van der Waals surface area contributed by atoms with Crippen LogP contribution in [0, 0.1) is 0 Å². The van der Waals surface area contributed by atoms with E-state index in [4.69, 9.17) is 9.47 Å². The predicted octanol–water partition coefficient (Wildman–Crippen LogP) is -0.318. The van der Waals surface area contributed by atoms with Gasteiger partial charge < -0.3 is 20.1 Å². The van der Waals surface area contributed by atoms with Crippen LogP contribution < -0.4 is 10.6 Å². The second kappa shape index (κ2) is 11.3. The van der Waals surface area contributed by atoms with Crippen LogP contribution >= 0.6 is 0 Å². The number of hydrogen-bond donors (Lipinski definition) is 2. The van der Waals surface area contributed by atoms with Crippen LogP contribution in [0.25, 0.3) is 0 Å². The molecule has 0 aliphatic rings. The molecule has 0 aromatic carbocycles. The number of amides is 2. The van der Waals surface area contributed by atoms with Gasteiger partial charge in [-0.2, -0.15) is 0 Å². The smallest absolute Gasteiger partial charge is 0.219 e. The van der Waals surface area contributed by atoms with E-state index in [-0.39, 0.29) is 11.8 Å². The molecular formula is C11H22N2O4. The summed E-state index contributed by atoms with van der Waals surface area (Å²) in [7, 11) is 0. The van der Waals surface area contributed by atoms with Crippen molar-refractivity contribution >= 4 is 11.8 Å². The molecule has 0 fully saturated rings. The van der Waals surface area contributed by atoms with Crippen LogP contribution in [0.1, 0.15) is 20.3 Å². The van der Waals surface area contributed by atoms with Gasteiger partial charge in [0.2, 0.25) is 11.8 Å². The van der Waals surface area contributed by atoms with Crippen LogP contribution in [0.3, 0.4) is 0 Å². The van der Waals surface area contributed by atoms with Gasteiger partial charge in [0.25, 0.3) is 0 Å². The fourth-order valence-corrected chi connectivity index (χ4v) is 1.01. The summed E-state index contributed by atoms with van der Waals surface area (Å²) in [5.41, 5.74) is 0. The minimum absolute atomic E-state index is 0.0279. The van der Waals surface area contributed by atoms with Gasteiger partial charge in [-0.1, -0.05) is 6.92 Å². The maximum Gasteiger partial charge on any atom is 0.219 e. The van der Waals surface area contributed by atoms with Gasteiger partial charge in [0.05, 0.1) is 26.4 Å². The van der Waals surface area contributed by atoms with Crippen molar-refractivity contribution in [2.75, 3.05) is 39.5 Å². The van der Waals surface area contributed by atoms with Gasteiger partial charge >= 0.3 is 0 Å². The molecule has 17 heavy (non-hydrogen) atoms. The summed E-state index contributed by atoms with van der Waals surface area (Å²) < 4.78 is 10.4. The van der Waals surface area contributed by atoms with Crippen LogP contribution in [-0.2, 0) is 19.1 Å². The quantitative estimate of drug-likeness (QED) is 0.518. The molecule has 0 saturated heterocycles. The lowest BCUT2D eigenvalue weighted by molar-refractivity contribution is -0.121. The Morgan fingerprint density at radius 3 is 1.94 bits per heavy atom. The van der Waals surface area contributed by atoms with Gasteiger partial charge in [0, 0.05) is 26.4 Å². The molecule has 0 rings (SSSR count). The minimum Gasteiger partial charge on any atom is -0.377 e. The Morgan fingerprint density at radius 2 is 1.47 bits per heavy atom. The number of rotatable bonds is 10. The maximum atomic E-state index is 10.8. The first-order valence-electron chi connectivity index (χ1n) is 5.83. The van der Waals surface area contributed by atoms with E-state index in [1.54, 1.807) is 6.92 Å². The van der Waals surface area contributed by atoms with Crippen LogP contribution in [0.2, 0.25) is 0 Å². The summed E-state index contributed by atoms with van der Waals surface area (Å²) in [6, 6.07) is 0. The Balaban J connectivity index is 3.03. The maximum absolute atomic E-state index is 10.8. The highest BCUT2D eigenvalue weighted by atomic mass is 16.5. The molecule has 0 heterocycles. The third-order valence-corrected chi connectivity index (χ3v) is 1.88. The first-order valence-corrected chi connectivity index (χ1v) is 5.83. The molecule has 0 saturated carbocycles. The number of nitrogens with one attached hydrogen (secondary N) is 2. The SMILES string of the molecule is CCC(=O)NCCOCCOCCNC(C)=O. The van der Waals surface area contributed by atoms with Gasteiger partial charge in [-0.05, 0) is 0 Å². The fraction of sp³-hybridized carbons (Fsp3) is 0.818. The molecule has 0 unspecified atom stereocenters. The Bertz CT molecular complexity index is 222. The molecule has 0 bridgehead atoms. The summed E-state index contributed by atoms with van der Waals surface area (Å²) in [6.45, 7) is 6.26. The summed E-state index contributed by atoms with van der Waals surface area (Å²) in [5.74, 6) is -0.0309. The highest BCUT2D eigenvalue weighted by Gasteiger charge is 1.95. The summed E-state index contributed by atoms with van der Waals surface area (Å²) >= 11 is 0. The zero-order valence-electron chi connectivity index (χ0n) is 10.6. The monoisotopic (exact) mass is 246 g/mol. The number of ether oxygens (including phenoxy) is 2. The molecular weight excluding hydrogens is 224 g/mol. The number of hydrogen-bond acceptors (Lipinski definition) is 4. The fourth-order valence-electron chi connectivity index (χ4n) is 1.01. The second-order valence-electron chi connectivity index (χ2n) is 3.41. The lowest BCUT2D eigenvalue weighted by atomic mass is 10.4. The molecule has 2 amide bonds. The molecule has 0 aromatic heterocycles. The van der Waals surface area contributed by atoms with Crippen molar-refractivity contribution in [1.29, 1.82) is 0 Å². The van der Waals surface area contributed by atoms with E-state index in [2.05, 4.69) is 10.6 Å². The van der Waals surface area contributed by atoms with Gasteiger partial charge in [-0.3, -0.25) is 9.59 Å². The molecule has 0 aliphatic heterocycles. The van der Waals surface area contributed by atoms with Crippen molar-refractivity contribution in [3.63, 3.8) is 0 Å².